The number of nitrogens with zero attached hydrogens (tertiary/aromatic N) is 2. The molecule has 1 amide bonds. The van der Waals surface area contributed by atoms with Gasteiger partial charge in [0.15, 0.2) is 17.3 Å². The molecule has 28 heavy (non-hydrogen) atoms. The van der Waals surface area contributed by atoms with Gasteiger partial charge in [0.2, 0.25) is 0 Å². The van der Waals surface area contributed by atoms with Gasteiger partial charge in [-0.05, 0) is 35.9 Å². The topological polar surface area (TPSA) is 65.4 Å². The largest absolute Gasteiger partial charge is 0.493 e. The van der Waals surface area contributed by atoms with E-state index in [0.29, 0.717) is 12.4 Å². The first-order valence-electron chi connectivity index (χ1n) is 8.16. The average molecular weight is 391 g/mol. The first-order valence-corrected chi connectivity index (χ1v) is 8.16. The lowest BCUT2D eigenvalue weighted by atomic mass is 10.2. The normalized spacial score (nSPS) is 10.8. The van der Waals surface area contributed by atoms with E-state index >= 15 is 0 Å². The highest BCUT2D eigenvalue weighted by Crippen LogP contribution is 2.29. The summed E-state index contributed by atoms with van der Waals surface area (Å²) in [6.07, 6.45) is 1.67. The van der Waals surface area contributed by atoms with Crippen LogP contribution < -0.4 is 14.8 Å². The summed E-state index contributed by atoms with van der Waals surface area (Å²) in [5.74, 6) is -0.669. The van der Waals surface area contributed by atoms with Gasteiger partial charge in [-0.15, -0.1) is 0 Å². The van der Waals surface area contributed by atoms with E-state index in [9.17, 15) is 18.0 Å². The minimum atomic E-state index is -3.00. The van der Waals surface area contributed by atoms with Crippen LogP contribution in [0.3, 0.4) is 0 Å². The van der Waals surface area contributed by atoms with Crippen molar-refractivity contribution in [2.24, 2.45) is 0 Å². The molecule has 0 unspecified atom stereocenters. The molecule has 3 aromatic rings. The highest BCUT2D eigenvalue weighted by atomic mass is 19.3. The fourth-order valence-electron chi connectivity index (χ4n) is 2.48. The van der Waals surface area contributed by atoms with Crippen LogP contribution in [0, 0.1) is 5.82 Å². The molecule has 3 rings (SSSR count). The second-order valence-corrected chi connectivity index (χ2v) is 5.72. The first kappa shape index (κ1) is 19.3. The van der Waals surface area contributed by atoms with Crippen LogP contribution in [0.15, 0.2) is 54.7 Å². The zero-order valence-electron chi connectivity index (χ0n) is 14.7. The van der Waals surface area contributed by atoms with E-state index in [1.165, 1.54) is 37.4 Å². The minimum Gasteiger partial charge on any atom is -0.493 e. The van der Waals surface area contributed by atoms with Crippen LogP contribution in [0.2, 0.25) is 0 Å². The summed E-state index contributed by atoms with van der Waals surface area (Å²) in [5, 5.41) is 6.84. The molecule has 0 aliphatic rings. The highest BCUT2D eigenvalue weighted by Gasteiger charge is 2.15. The molecule has 0 saturated heterocycles. The molecular weight excluding hydrogens is 375 g/mol. The molecule has 0 fully saturated rings. The molecule has 0 atom stereocenters. The van der Waals surface area contributed by atoms with E-state index in [1.807, 2.05) is 0 Å². The molecule has 6 nitrogen and oxygen atoms in total. The number of rotatable bonds is 7. The van der Waals surface area contributed by atoms with Crippen molar-refractivity contribution in [1.29, 1.82) is 0 Å². The number of ether oxygens (including phenoxy) is 2. The number of halogens is 3. The Morgan fingerprint density at radius 3 is 2.57 bits per heavy atom. The van der Waals surface area contributed by atoms with E-state index in [2.05, 4.69) is 15.2 Å². The Balaban J connectivity index is 1.68. The summed E-state index contributed by atoms with van der Waals surface area (Å²) >= 11 is 0. The van der Waals surface area contributed by atoms with Crippen molar-refractivity contribution in [3.05, 3.63) is 71.7 Å². The molecule has 0 saturated carbocycles. The summed E-state index contributed by atoms with van der Waals surface area (Å²) in [5.41, 5.74) is 1.04. The number of amides is 1. The summed E-state index contributed by atoms with van der Waals surface area (Å²) in [6, 6.07) is 11.5. The highest BCUT2D eigenvalue weighted by molar-refractivity contribution is 6.04. The van der Waals surface area contributed by atoms with E-state index in [0.717, 1.165) is 5.56 Å². The zero-order valence-corrected chi connectivity index (χ0v) is 14.7. The van der Waals surface area contributed by atoms with Crippen molar-refractivity contribution in [2.75, 3.05) is 12.4 Å². The first-order chi connectivity index (χ1) is 13.4. The van der Waals surface area contributed by atoms with Gasteiger partial charge in [-0.25, -0.2) is 4.39 Å². The standard InChI is InChI=1S/C19H16F3N3O3/c1-27-16-10-13(4-7-15(16)28-19(21)22)18(26)23-17-8-9-25(24-17)11-12-2-5-14(20)6-3-12/h2-10,19H,11H2,1H3,(H,23,24,26). The Hall–Kier alpha value is -3.49. The smallest absolute Gasteiger partial charge is 0.387 e. The van der Waals surface area contributed by atoms with Crippen LogP contribution in [0.25, 0.3) is 0 Å². The number of carbonyl (C=O) groups excluding carboxylic acids is 1. The SMILES string of the molecule is COc1cc(C(=O)Nc2ccn(Cc3ccc(F)cc3)n2)ccc1OC(F)F. The number of alkyl halides is 2. The summed E-state index contributed by atoms with van der Waals surface area (Å²) in [4.78, 5) is 12.4. The Morgan fingerprint density at radius 1 is 1.14 bits per heavy atom. The second-order valence-electron chi connectivity index (χ2n) is 5.72. The number of benzene rings is 2. The molecule has 0 radical (unpaired) electrons. The van der Waals surface area contributed by atoms with Gasteiger partial charge in [0.25, 0.3) is 5.91 Å². The molecule has 1 N–H and O–H groups in total. The molecular formula is C19H16F3N3O3. The zero-order chi connectivity index (χ0) is 20.1. The van der Waals surface area contributed by atoms with E-state index in [4.69, 9.17) is 4.74 Å². The minimum absolute atomic E-state index is 0.00906. The van der Waals surface area contributed by atoms with Gasteiger partial charge in [0, 0.05) is 17.8 Å². The fraction of sp³-hybridized carbons (Fsp3) is 0.158. The number of aromatic nitrogens is 2. The predicted molar refractivity (Wildman–Crippen MR) is 95.3 cm³/mol. The number of hydrogen-bond donors (Lipinski definition) is 1. The third kappa shape index (κ3) is 4.81. The van der Waals surface area contributed by atoms with Crippen LogP contribution in [0.5, 0.6) is 11.5 Å². The number of methoxy groups -OCH3 is 1. The van der Waals surface area contributed by atoms with Crippen molar-refractivity contribution in [2.45, 2.75) is 13.2 Å². The number of anilines is 1. The molecule has 0 spiro atoms. The monoisotopic (exact) mass is 391 g/mol. The quantitative estimate of drug-likeness (QED) is 0.663. The fourth-order valence-corrected chi connectivity index (χ4v) is 2.48. The van der Waals surface area contributed by atoms with Crippen LogP contribution >= 0.6 is 0 Å². The van der Waals surface area contributed by atoms with Crippen molar-refractivity contribution in [3.63, 3.8) is 0 Å². The lowest BCUT2D eigenvalue weighted by Crippen LogP contribution is -2.13. The summed E-state index contributed by atoms with van der Waals surface area (Å²) < 4.78 is 48.6. The van der Waals surface area contributed by atoms with Gasteiger partial charge in [0.05, 0.1) is 13.7 Å². The van der Waals surface area contributed by atoms with Crippen LogP contribution in [-0.2, 0) is 6.54 Å². The molecule has 146 valence electrons. The van der Waals surface area contributed by atoms with Crippen molar-refractivity contribution in [3.8, 4) is 11.5 Å². The summed E-state index contributed by atoms with van der Waals surface area (Å²) in [6.45, 7) is -2.59. The maximum atomic E-state index is 13.0. The van der Waals surface area contributed by atoms with E-state index in [1.54, 1.807) is 29.1 Å². The Labute approximate surface area is 158 Å². The van der Waals surface area contributed by atoms with E-state index < -0.39 is 12.5 Å². The van der Waals surface area contributed by atoms with Gasteiger partial charge in [-0.2, -0.15) is 13.9 Å². The van der Waals surface area contributed by atoms with Crippen molar-refractivity contribution >= 4 is 11.7 Å². The van der Waals surface area contributed by atoms with Gasteiger partial charge < -0.3 is 14.8 Å². The van der Waals surface area contributed by atoms with Crippen LogP contribution in [0.4, 0.5) is 19.0 Å². The average Bonchev–Trinajstić information content (AvgIpc) is 3.10. The maximum Gasteiger partial charge on any atom is 0.387 e. The van der Waals surface area contributed by atoms with E-state index in [-0.39, 0.29) is 22.9 Å². The molecule has 0 bridgehead atoms. The Bertz CT molecular complexity index is 959. The number of hydrogen-bond acceptors (Lipinski definition) is 4. The van der Waals surface area contributed by atoms with Gasteiger partial charge in [-0.1, -0.05) is 12.1 Å². The van der Waals surface area contributed by atoms with Crippen LogP contribution in [-0.4, -0.2) is 29.4 Å². The predicted octanol–water partition coefficient (Wildman–Crippen LogP) is 3.93. The lowest BCUT2D eigenvalue weighted by molar-refractivity contribution is -0.0512. The Morgan fingerprint density at radius 2 is 1.89 bits per heavy atom. The Kier molecular flexibility index (Phi) is 5.83. The van der Waals surface area contributed by atoms with Crippen molar-refractivity contribution in [1.82, 2.24) is 9.78 Å². The molecule has 1 heterocycles. The van der Waals surface area contributed by atoms with Gasteiger partial charge in [0.1, 0.15) is 5.82 Å². The molecule has 2 aromatic carbocycles. The molecule has 1 aromatic heterocycles. The van der Waals surface area contributed by atoms with Crippen molar-refractivity contribution < 1.29 is 27.4 Å². The third-order valence-electron chi connectivity index (χ3n) is 3.78. The summed E-state index contributed by atoms with van der Waals surface area (Å²) in [7, 11) is 1.28. The number of nitrogens with one attached hydrogen (secondary N) is 1. The van der Waals surface area contributed by atoms with Gasteiger partial charge in [-0.3, -0.25) is 9.48 Å². The number of carbonyl (C=O) groups is 1. The van der Waals surface area contributed by atoms with Crippen LogP contribution in [0.1, 0.15) is 15.9 Å². The third-order valence-corrected chi connectivity index (χ3v) is 3.78. The lowest BCUT2D eigenvalue weighted by Gasteiger charge is -2.11. The maximum absolute atomic E-state index is 13.0. The molecule has 0 aliphatic heterocycles. The second kappa shape index (κ2) is 8.47. The van der Waals surface area contributed by atoms with Gasteiger partial charge >= 0.3 is 6.61 Å². The molecule has 0 aliphatic carbocycles. The molecule has 9 heteroatoms.